The summed E-state index contributed by atoms with van der Waals surface area (Å²) in [7, 11) is 0. The van der Waals surface area contributed by atoms with Gasteiger partial charge < -0.3 is 5.73 Å². The van der Waals surface area contributed by atoms with Gasteiger partial charge in [0.1, 0.15) is 0 Å². The van der Waals surface area contributed by atoms with Gasteiger partial charge in [-0.2, -0.15) is 0 Å². The van der Waals surface area contributed by atoms with Crippen molar-refractivity contribution in [1.82, 2.24) is 4.98 Å². The molecule has 1 heterocycles. The highest BCUT2D eigenvalue weighted by molar-refractivity contribution is 9.10. The molecule has 0 saturated heterocycles. The average molecular weight is 346 g/mol. The first-order chi connectivity index (χ1) is 8.47. The maximum absolute atomic E-state index is 6.24. The van der Waals surface area contributed by atoms with E-state index in [0.717, 1.165) is 27.2 Å². The molecule has 18 heavy (non-hydrogen) atoms. The van der Waals surface area contributed by atoms with Crippen LogP contribution in [0.25, 0.3) is 0 Å². The Morgan fingerprint density at radius 3 is 2.78 bits per heavy atom. The molecule has 0 bridgehead atoms. The Balaban J connectivity index is 2.33. The van der Waals surface area contributed by atoms with Crippen molar-refractivity contribution in [3.63, 3.8) is 0 Å². The fraction of sp³-hybridized carbons (Fsp3) is 0.308. The quantitative estimate of drug-likeness (QED) is 0.863. The van der Waals surface area contributed by atoms with E-state index in [0.29, 0.717) is 11.0 Å². The zero-order valence-corrected chi connectivity index (χ0v) is 13.4. The van der Waals surface area contributed by atoms with Crippen LogP contribution in [0.1, 0.15) is 35.9 Å². The summed E-state index contributed by atoms with van der Waals surface area (Å²) < 4.78 is 0.990. The van der Waals surface area contributed by atoms with Crippen LogP contribution in [0, 0.1) is 0 Å². The van der Waals surface area contributed by atoms with Crippen molar-refractivity contribution < 1.29 is 0 Å². The first-order valence-corrected chi connectivity index (χ1v) is 7.65. The molecule has 0 saturated carbocycles. The molecule has 2 nitrogen and oxygen atoms in total. The van der Waals surface area contributed by atoms with Crippen LogP contribution in [0.15, 0.2) is 22.7 Å². The van der Waals surface area contributed by atoms with Crippen molar-refractivity contribution >= 4 is 44.0 Å². The standard InChI is InChI=1S/C13H14BrClN2S/c1-7(2)12-11(18-13(16)17-12)5-8-3-4-9(14)6-10(8)15/h3-4,6-7H,5H2,1-2H3,(H2,16,17). The summed E-state index contributed by atoms with van der Waals surface area (Å²) in [6.07, 6.45) is 0.786. The predicted octanol–water partition coefficient (Wildman–Crippen LogP) is 4.86. The molecule has 0 atom stereocenters. The summed E-state index contributed by atoms with van der Waals surface area (Å²) in [5, 5.41) is 1.40. The van der Waals surface area contributed by atoms with E-state index in [2.05, 4.69) is 34.8 Å². The van der Waals surface area contributed by atoms with Gasteiger partial charge in [0.25, 0.3) is 0 Å². The topological polar surface area (TPSA) is 38.9 Å². The van der Waals surface area contributed by atoms with Gasteiger partial charge in [0, 0.05) is 20.8 Å². The Labute approximate surface area is 124 Å². The smallest absolute Gasteiger partial charge is 0.180 e. The van der Waals surface area contributed by atoms with Crippen molar-refractivity contribution in [2.45, 2.75) is 26.2 Å². The van der Waals surface area contributed by atoms with Gasteiger partial charge in [0.05, 0.1) is 5.69 Å². The molecule has 0 aliphatic rings. The number of hydrogen-bond donors (Lipinski definition) is 1. The highest BCUT2D eigenvalue weighted by atomic mass is 79.9. The van der Waals surface area contributed by atoms with E-state index in [1.807, 2.05) is 18.2 Å². The zero-order valence-electron chi connectivity index (χ0n) is 10.2. The van der Waals surface area contributed by atoms with Gasteiger partial charge in [-0.05, 0) is 23.6 Å². The normalized spacial score (nSPS) is 11.2. The molecule has 2 aromatic rings. The summed E-state index contributed by atoms with van der Waals surface area (Å²) >= 11 is 11.2. The Bertz CT molecular complexity index is 566. The fourth-order valence-electron chi connectivity index (χ4n) is 1.80. The molecule has 0 aliphatic heterocycles. The van der Waals surface area contributed by atoms with E-state index < -0.39 is 0 Å². The van der Waals surface area contributed by atoms with E-state index in [-0.39, 0.29) is 0 Å². The van der Waals surface area contributed by atoms with Crippen LogP contribution in [-0.2, 0) is 6.42 Å². The monoisotopic (exact) mass is 344 g/mol. The maximum Gasteiger partial charge on any atom is 0.180 e. The van der Waals surface area contributed by atoms with Crippen LogP contribution in [0.2, 0.25) is 5.02 Å². The molecule has 0 spiro atoms. The Morgan fingerprint density at radius 1 is 1.44 bits per heavy atom. The second kappa shape index (κ2) is 5.59. The van der Waals surface area contributed by atoms with Crippen LogP contribution in [0.5, 0.6) is 0 Å². The van der Waals surface area contributed by atoms with Crippen LogP contribution in [-0.4, -0.2) is 4.98 Å². The minimum atomic E-state index is 0.378. The number of nitrogens with two attached hydrogens (primary N) is 1. The number of thiazole rings is 1. The van der Waals surface area contributed by atoms with E-state index in [1.54, 1.807) is 11.3 Å². The van der Waals surface area contributed by atoms with Crippen molar-refractivity contribution in [2.75, 3.05) is 5.73 Å². The summed E-state index contributed by atoms with van der Waals surface area (Å²) in [6, 6.07) is 5.95. The highest BCUT2D eigenvalue weighted by Crippen LogP contribution is 2.31. The SMILES string of the molecule is CC(C)c1nc(N)sc1Cc1ccc(Br)cc1Cl. The fourth-order valence-corrected chi connectivity index (χ4v) is 3.55. The lowest BCUT2D eigenvalue weighted by molar-refractivity contribution is 0.820. The lowest BCUT2D eigenvalue weighted by Crippen LogP contribution is -1.96. The Hall–Kier alpha value is -0.580. The van der Waals surface area contributed by atoms with Crippen molar-refractivity contribution in [3.8, 4) is 0 Å². The lowest BCUT2D eigenvalue weighted by Gasteiger charge is -2.07. The number of hydrogen-bond acceptors (Lipinski definition) is 3. The molecule has 1 aromatic heterocycles. The van der Waals surface area contributed by atoms with E-state index in [9.17, 15) is 0 Å². The van der Waals surface area contributed by atoms with Crippen LogP contribution < -0.4 is 5.73 Å². The lowest BCUT2D eigenvalue weighted by atomic mass is 10.0. The molecular formula is C13H14BrClN2S. The van der Waals surface area contributed by atoms with E-state index in [1.165, 1.54) is 4.88 Å². The number of rotatable bonds is 3. The number of aromatic nitrogens is 1. The maximum atomic E-state index is 6.24. The second-order valence-electron chi connectivity index (χ2n) is 4.43. The molecule has 96 valence electrons. The molecule has 0 fully saturated rings. The highest BCUT2D eigenvalue weighted by Gasteiger charge is 2.14. The number of anilines is 1. The molecule has 0 amide bonds. The second-order valence-corrected chi connectivity index (χ2v) is 6.87. The molecule has 0 radical (unpaired) electrons. The van der Waals surface area contributed by atoms with Gasteiger partial charge >= 0.3 is 0 Å². The number of benzene rings is 1. The van der Waals surface area contributed by atoms with Crippen molar-refractivity contribution in [2.24, 2.45) is 0 Å². The average Bonchev–Trinajstić information content (AvgIpc) is 2.64. The number of halogens is 2. The molecule has 0 aliphatic carbocycles. The zero-order chi connectivity index (χ0) is 13.3. The van der Waals surface area contributed by atoms with E-state index in [4.69, 9.17) is 17.3 Å². The van der Waals surface area contributed by atoms with Gasteiger partial charge in [-0.25, -0.2) is 4.98 Å². The summed E-state index contributed by atoms with van der Waals surface area (Å²) in [6.45, 7) is 4.25. The van der Waals surface area contributed by atoms with Crippen molar-refractivity contribution in [3.05, 3.63) is 43.8 Å². The van der Waals surface area contributed by atoms with Crippen LogP contribution in [0.4, 0.5) is 5.13 Å². The molecule has 1 aromatic carbocycles. The predicted molar refractivity (Wildman–Crippen MR) is 82.6 cm³/mol. The summed E-state index contributed by atoms with van der Waals surface area (Å²) in [4.78, 5) is 5.60. The summed E-state index contributed by atoms with van der Waals surface area (Å²) in [5.74, 6) is 0.378. The molecule has 2 N–H and O–H groups in total. The Kier molecular flexibility index (Phi) is 4.30. The minimum absolute atomic E-state index is 0.378. The molecule has 2 rings (SSSR count). The summed E-state index contributed by atoms with van der Waals surface area (Å²) in [5.41, 5.74) is 7.98. The first kappa shape index (κ1) is 13.8. The van der Waals surface area contributed by atoms with Gasteiger partial charge in [0.15, 0.2) is 5.13 Å². The molecular weight excluding hydrogens is 332 g/mol. The Morgan fingerprint density at radius 2 is 2.17 bits per heavy atom. The van der Waals surface area contributed by atoms with Crippen LogP contribution in [0.3, 0.4) is 0 Å². The van der Waals surface area contributed by atoms with Crippen LogP contribution >= 0.6 is 38.9 Å². The van der Waals surface area contributed by atoms with Gasteiger partial charge in [0.2, 0.25) is 0 Å². The third-order valence-corrected chi connectivity index (χ3v) is 4.40. The van der Waals surface area contributed by atoms with Crippen molar-refractivity contribution in [1.29, 1.82) is 0 Å². The third kappa shape index (κ3) is 3.05. The van der Waals surface area contributed by atoms with Gasteiger partial charge in [-0.15, -0.1) is 11.3 Å². The molecule has 0 unspecified atom stereocenters. The largest absolute Gasteiger partial charge is 0.375 e. The van der Waals surface area contributed by atoms with Gasteiger partial charge in [-0.1, -0.05) is 47.4 Å². The third-order valence-electron chi connectivity index (χ3n) is 2.66. The number of nitrogens with zero attached hydrogens (tertiary/aromatic N) is 1. The van der Waals surface area contributed by atoms with Gasteiger partial charge in [-0.3, -0.25) is 0 Å². The number of nitrogen functional groups attached to an aromatic ring is 1. The molecule has 5 heteroatoms. The minimum Gasteiger partial charge on any atom is -0.375 e. The first-order valence-electron chi connectivity index (χ1n) is 5.66. The van der Waals surface area contributed by atoms with E-state index >= 15 is 0 Å².